The van der Waals surface area contributed by atoms with Crippen molar-refractivity contribution >= 4 is 34.8 Å². The number of amides is 2. The number of nitrogens with one attached hydrogen (secondary N) is 1. The van der Waals surface area contributed by atoms with Crippen LogP contribution >= 0.6 is 22.9 Å². The molecule has 1 heterocycles. The van der Waals surface area contributed by atoms with Gasteiger partial charge in [0.2, 0.25) is 5.91 Å². The normalized spacial score (nSPS) is 11.8. The van der Waals surface area contributed by atoms with Crippen LogP contribution in [0, 0.1) is 0 Å². The highest BCUT2D eigenvalue weighted by Gasteiger charge is 2.18. The van der Waals surface area contributed by atoms with Gasteiger partial charge >= 0.3 is 0 Å². The monoisotopic (exact) mass is 336 g/mol. The van der Waals surface area contributed by atoms with Crippen molar-refractivity contribution in [2.75, 3.05) is 13.6 Å². The van der Waals surface area contributed by atoms with Crippen molar-refractivity contribution < 1.29 is 9.59 Å². The fourth-order valence-electron chi connectivity index (χ4n) is 1.98. The summed E-state index contributed by atoms with van der Waals surface area (Å²) < 4.78 is 0. The van der Waals surface area contributed by atoms with Gasteiger partial charge in [0.05, 0.1) is 17.5 Å². The van der Waals surface area contributed by atoms with Crippen LogP contribution in [0.25, 0.3) is 0 Å². The van der Waals surface area contributed by atoms with E-state index in [1.807, 2.05) is 30.5 Å². The summed E-state index contributed by atoms with van der Waals surface area (Å²) in [5, 5.41) is 5.10. The number of nitrogens with zero attached hydrogens (tertiary/aromatic N) is 1. The summed E-state index contributed by atoms with van der Waals surface area (Å²) in [5.41, 5.74) is 0.952. The average molecular weight is 337 g/mol. The van der Waals surface area contributed by atoms with Crippen molar-refractivity contribution in [1.29, 1.82) is 0 Å². The van der Waals surface area contributed by atoms with Gasteiger partial charge < -0.3 is 10.2 Å². The summed E-state index contributed by atoms with van der Waals surface area (Å²) in [4.78, 5) is 26.2. The van der Waals surface area contributed by atoms with Gasteiger partial charge in [-0.2, -0.15) is 0 Å². The van der Waals surface area contributed by atoms with E-state index in [2.05, 4.69) is 5.32 Å². The number of carbonyl (C=O) groups is 2. The first-order valence-electron chi connectivity index (χ1n) is 6.82. The Balaban J connectivity index is 1.93. The molecule has 0 radical (unpaired) electrons. The van der Waals surface area contributed by atoms with Gasteiger partial charge in [0, 0.05) is 12.1 Å². The Kier molecular flexibility index (Phi) is 5.57. The molecular weight excluding hydrogens is 320 g/mol. The Labute approximate surface area is 138 Å². The van der Waals surface area contributed by atoms with Crippen molar-refractivity contribution in [1.82, 2.24) is 10.2 Å². The van der Waals surface area contributed by atoms with Crippen LogP contribution in [-0.4, -0.2) is 30.3 Å². The zero-order chi connectivity index (χ0) is 16.1. The van der Waals surface area contributed by atoms with Crippen LogP contribution < -0.4 is 5.32 Å². The Morgan fingerprint density at radius 3 is 2.73 bits per heavy atom. The lowest BCUT2D eigenvalue weighted by molar-refractivity contribution is -0.130. The molecule has 0 aliphatic carbocycles. The van der Waals surface area contributed by atoms with Crippen molar-refractivity contribution in [2.45, 2.75) is 13.0 Å². The molecular formula is C16H17ClN2O2S. The lowest BCUT2D eigenvalue weighted by atomic mass is 10.1. The molecule has 1 aromatic carbocycles. The molecule has 0 aliphatic heterocycles. The van der Waals surface area contributed by atoms with Crippen molar-refractivity contribution in [2.24, 2.45) is 0 Å². The van der Waals surface area contributed by atoms with Crippen LogP contribution in [0.15, 0.2) is 41.8 Å². The molecule has 0 saturated carbocycles. The van der Waals surface area contributed by atoms with Crippen LogP contribution in [0.4, 0.5) is 0 Å². The highest BCUT2D eigenvalue weighted by molar-refractivity contribution is 7.12. The van der Waals surface area contributed by atoms with Gasteiger partial charge in [0.15, 0.2) is 0 Å². The molecule has 2 rings (SSSR count). The third-order valence-electron chi connectivity index (χ3n) is 3.45. The highest BCUT2D eigenvalue weighted by atomic mass is 35.5. The minimum atomic E-state index is -0.229. The van der Waals surface area contributed by atoms with E-state index in [4.69, 9.17) is 11.6 Å². The average Bonchev–Trinajstić information content (AvgIpc) is 3.05. The molecule has 1 aromatic heterocycles. The summed E-state index contributed by atoms with van der Waals surface area (Å²) in [6.07, 6.45) is 0. The van der Waals surface area contributed by atoms with Crippen LogP contribution in [0.2, 0.25) is 5.02 Å². The molecule has 1 N–H and O–H groups in total. The van der Waals surface area contributed by atoms with E-state index in [1.54, 1.807) is 30.1 Å². The summed E-state index contributed by atoms with van der Waals surface area (Å²) >= 11 is 7.32. The van der Waals surface area contributed by atoms with Gasteiger partial charge in [0.25, 0.3) is 5.91 Å². The molecule has 0 bridgehead atoms. The first-order chi connectivity index (χ1) is 10.5. The Bertz CT molecular complexity index is 658. The molecule has 116 valence electrons. The second kappa shape index (κ2) is 7.42. The van der Waals surface area contributed by atoms with Gasteiger partial charge in [-0.3, -0.25) is 9.59 Å². The molecule has 0 saturated heterocycles. The summed E-state index contributed by atoms with van der Waals surface area (Å²) in [6.45, 7) is 1.89. The quantitative estimate of drug-likeness (QED) is 0.910. The molecule has 0 fully saturated rings. The number of carbonyl (C=O) groups excluding carboxylic acids is 2. The van der Waals surface area contributed by atoms with E-state index in [9.17, 15) is 9.59 Å². The molecule has 0 aliphatic rings. The number of halogens is 1. The fraction of sp³-hybridized carbons (Fsp3) is 0.250. The van der Waals surface area contributed by atoms with Crippen molar-refractivity contribution in [3.63, 3.8) is 0 Å². The van der Waals surface area contributed by atoms with E-state index in [0.29, 0.717) is 9.90 Å². The van der Waals surface area contributed by atoms with Gasteiger partial charge in [-0.15, -0.1) is 11.3 Å². The van der Waals surface area contributed by atoms with Crippen molar-refractivity contribution in [3.05, 3.63) is 57.2 Å². The molecule has 2 amide bonds. The fourth-order valence-corrected chi connectivity index (χ4v) is 2.82. The molecule has 1 atom stereocenters. The van der Waals surface area contributed by atoms with Gasteiger partial charge in [0.1, 0.15) is 0 Å². The summed E-state index contributed by atoms with van der Waals surface area (Å²) in [7, 11) is 1.71. The first kappa shape index (κ1) is 16.5. The maximum absolute atomic E-state index is 12.2. The van der Waals surface area contributed by atoms with Crippen LogP contribution in [0.5, 0.6) is 0 Å². The topological polar surface area (TPSA) is 49.4 Å². The number of thiophene rings is 1. The molecule has 0 unspecified atom stereocenters. The zero-order valence-corrected chi connectivity index (χ0v) is 13.9. The molecule has 22 heavy (non-hydrogen) atoms. The molecule has 6 heteroatoms. The second-order valence-electron chi connectivity index (χ2n) is 4.90. The predicted molar refractivity (Wildman–Crippen MR) is 89.3 cm³/mol. The molecule has 2 aromatic rings. The minimum Gasteiger partial charge on any atom is -0.342 e. The van der Waals surface area contributed by atoms with Crippen LogP contribution in [0.3, 0.4) is 0 Å². The number of likely N-dealkylation sites (N-methyl/N-ethyl adjacent to an activating group) is 1. The van der Waals surface area contributed by atoms with E-state index < -0.39 is 0 Å². The zero-order valence-electron chi connectivity index (χ0n) is 12.4. The Morgan fingerprint density at radius 1 is 1.32 bits per heavy atom. The van der Waals surface area contributed by atoms with Gasteiger partial charge in [-0.05, 0) is 36.1 Å². The number of hydrogen-bond donors (Lipinski definition) is 1. The number of rotatable bonds is 5. The summed E-state index contributed by atoms with van der Waals surface area (Å²) in [5.74, 6) is -0.385. The second-order valence-corrected chi connectivity index (χ2v) is 6.28. The summed E-state index contributed by atoms with van der Waals surface area (Å²) in [6, 6.07) is 10.8. The Morgan fingerprint density at radius 2 is 2.09 bits per heavy atom. The SMILES string of the molecule is C[C@H](c1cccc(Cl)c1)N(C)C(=O)CNC(=O)c1cccs1. The van der Waals surface area contributed by atoms with E-state index in [0.717, 1.165) is 5.56 Å². The first-order valence-corrected chi connectivity index (χ1v) is 8.07. The largest absolute Gasteiger partial charge is 0.342 e. The van der Waals surface area contributed by atoms with E-state index in [1.165, 1.54) is 11.3 Å². The lowest BCUT2D eigenvalue weighted by Crippen LogP contribution is -2.39. The van der Waals surface area contributed by atoms with E-state index in [-0.39, 0.29) is 24.4 Å². The lowest BCUT2D eigenvalue weighted by Gasteiger charge is -2.25. The van der Waals surface area contributed by atoms with Gasteiger partial charge in [-0.25, -0.2) is 0 Å². The Hall–Kier alpha value is -1.85. The smallest absolute Gasteiger partial charge is 0.261 e. The van der Waals surface area contributed by atoms with Crippen molar-refractivity contribution in [3.8, 4) is 0 Å². The standard InChI is InChI=1S/C16H17ClN2O2S/c1-11(12-5-3-6-13(17)9-12)19(2)15(20)10-18-16(21)14-7-4-8-22-14/h3-9,11H,10H2,1-2H3,(H,18,21)/t11-/m1/s1. The minimum absolute atomic E-state index is 0.0296. The maximum Gasteiger partial charge on any atom is 0.261 e. The maximum atomic E-state index is 12.2. The van der Waals surface area contributed by atoms with Crippen LogP contribution in [-0.2, 0) is 4.79 Å². The number of benzene rings is 1. The molecule has 0 spiro atoms. The third kappa shape index (κ3) is 4.08. The number of hydrogen-bond acceptors (Lipinski definition) is 3. The van der Waals surface area contributed by atoms with Gasteiger partial charge in [-0.1, -0.05) is 29.8 Å². The highest BCUT2D eigenvalue weighted by Crippen LogP contribution is 2.21. The third-order valence-corrected chi connectivity index (χ3v) is 4.55. The van der Waals surface area contributed by atoms with E-state index >= 15 is 0 Å². The van der Waals surface area contributed by atoms with Crippen LogP contribution in [0.1, 0.15) is 28.2 Å². The predicted octanol–water partition coefficient (Wildman–Crippen LogP) is 3.35. The molecule has 4 nitrogen and oxygen atoms in total.